The van der Waals surface area contributed by atoms with Crippen molar-refractivity contribution >= 4 is 63.6 Å². The molecule has 4 aromatic rings. The molecule has 1 aromatic heterocycles. The lowest BCUT2D eigenvalue weighted by Crippen LogP contribution is -2.30. The molecule has 1 saturated heterocycles. The fourth-order valence-electron chi connectivity index (χ4n) is 4.51. The van der Waals surface area contributed by atoms with Crippen LogP contribution in [0.1, 0.15) is 27.5 Å². The lowest BCUT2D eigenvalue weighted by Gasteiger charge is -2.23. The molecule has 3 N–H and O–H groups in total. The number of anilines is 1. The van der Waals surface area contributed by atoms with E-state index in [0.29, 0.717) is 22.3 Å². The molecule has 0 saturated carbocycles. The van der Waals surface area contributed by atoms with E-state index in [9.17, 15) is 24.6 Å². The number of aromatic carboxylic acids is 1. The topological polar surface area (TPSA) is 142 Å². The number of hydrogen-bond donors (Lipinski definition) is 3. The fourth-order valence-corrected chi connectivity index (χ4v) is 5.08. The number of nitrogens with zero attached hydrogens (tertiary/aromatic N) is 2. The summed E-state index contributed by atoms with van der Waals surface area (Å²) in [5.41, 5.74) is 0.875. The van der Waals surface area contributed by atoms with E-state index in [1.807, 2.05) is 0 Å². The van der Waals surface area contributed by atoms with Crippen LogP contribution in [0.5, 0.6) is 11.5 Å². The van der Waals surface area contributed by atoms with Crippen molar-refractivity contribution in [2.24, 2.45) is 0 Å². The zero-order valence-corrected chi connectivity index (χ0v) is 21.9. The largest absolute Gasteiger partial charge is 0.507 e. The molecule has 2 heterocycles. The third kappa shape index (κ3) is 4.43. The van der Waals surface area contributed by atoms with Gasteiger partial charge in [-0.3, -0.25) is 14.5 Å². The number of hydrogen-bond acceptors (Lipinski definition) is 7. The van der Waals surface area contributed by atoms with Gasteiger partial charge in [-0.25, -0.2) is 9.78 Å². The third-order valence-corrected chi connectivity index (χ3v) is 6.77. The molecule has 5 rings (SSSR count). The number of aliphatic hydroxyl groups excluding tert-OH is 1. The summed E-state index contributed by atoms with van der Waals surface area (Å²) >= 11 is 12.5. The minimum atomic E-state index is -1.16. The molecule has 1 aliphatic rings. The zero-order valence-electron chi connectivity index (χ0n) is 20.4. The number of Topliss-reactive ketones (excluding diaryl/α,β-unsaturated/α-hetero) is 1. The molecule has 0 radical (unpaired) electrons. The van der Waals surface area contributed by atoms with Gasteiger partial charge in [0.25, 0.3) is 5.78 Å². The Balaban J connectivity index is 1.77. The van der Waals surface area contributed by atoms with Gasteiger partial charge in [-0.2, -0.15) is 0 Å². The Bertz CT molecular complexity index is 1710. The molecule has 12 heteroatoms. The van der Waals surface area contributed by atoms with Crippen LogP contribution in [0.15, 0.2) is 60.2 Å². The molecular weight excluding hydrogens is 549 g/mol. The number of amides is 1. The summed E-state index contributed by atoms with van der Waals surface area (Å²) in [7, 11) is 2.80. The number of carbonyl (C=O) groups is 3. The number of carbonyl (C=O) groups excluding carboxylic acids is 2. The summed E-state index contributed by atoms with van der Waals surface area (Å²) in [6.07, 6.45) is 0. The lowest BCUT2D eigenvalue weighted by atomic mass is 9.95. The Hall–Kier alpha value is -4.54. The molecule has 0 aliphatic carbocycles. The van der Waals surface area contributed by atoms with Crippen molar-refractivity contribution in [2.45, 2.75) is 6.04 Å². The summed E-state index contributed by atoms with van der Waals surface area (Å²) in [5.74, 6) is -3.21. The van der Waals surface area contributed by atoms with Crippen LogP contribution in [0.3, 0.4) is 0 Å². The monoisotopic (exact) mass is 567 g/mol. The number of carboxylic acid groups (broad SMARTS) is 1. The van der Waals surface area contributed by atoms with E-state index in [-0.39, 0.29) is 38.4 Å². The number of carboxylic acids is 1. The van der Waals surface area contributed by atoms with Gasteiger partial charge in [0.2, 0.25) is 5.95 Å². The Kier molecular flexibility index (Phi) is 6.67. The molecule has 1 aliphatic heterocycles. The second-order valence-corrected chi connectivity index (χ2v) is 9.36. The molecule has 1 atom stereocenters. The Morgan fingerprint density at radius 3 is 2.49 bits per heavy atom. The van der Waals surface area contributed by atoms with Gasteiger partial charge in [-0.15, -0.1) is 0 Å². The molecule has 1 amide bonds. The number of rotatable bonds is 6. The number of H-pyrrole nitrogens is 1. The van der Waals surface area contributed by atoms with E-state index in [2.05, 4.69) is 9.97 Å². The molecule has 198 valence electrons. The average Bonchev–Trinajstić information content (AvgIpc) is 3.45. The van der Waals surface area contributed by atoms with E-state index in [1.165, 1.54) is 44.6 Å². The molecule has 10 nitrogen and oxygen atoms in total. The number of aromatic amines is 1. The first-order chi connectivity index (χ1) is 18.6. The number of aromatic nitrogens is 2. The number of fused-ring (bicyclic) bond motifs is 1. The van der Waals surface area contributed by atoms with Crippen molar-refractivity contribution in [1.29, 1.82) is 0 Å². The highest BCUT2D eigenvalue weighted by atomic mass is 35.5. The van der Waals surface area contributed by atoms with Crippen molar-refractivity contribution in [3.8, 4) is 11.5 Å². The van der Waals surface area contributed by atoms with Crippen molar-refractivity contribution in [2.75, 3.05) is 19.1 Å². The Morgan fingerprint density at radius 2 is 1.79 bits per heavy atom. The van der Waals surface area contributed by atoms with Gasteiger partial charge in [0.15, 0.2) is 0 Å². The maximum atomic E-state index is 13.5. The Labute approximate surface area is 231 Å². The minimum absolute atomic E-state index is 0.00836. The second kappa shape index (κ2) is 9.97. The first-order valence-corrected chi connectivity index (χ1v) is 12.1. The first kappa shape index (κ1) is 26.1. The SMILES string of the molecule is COc1cccc(C2/C(=C(\O)c3cc(Cl)cc(Cl)c3OC)C(=O)C(=O)N2c2nc3ccc(C(=O)O)cc3[nH]2)c1. The lowest BCUT2D eigenvalue weighted by molar-refractivity contribution is -0.132. The van der Waals surface area contributed by atoms with Crippen LogP contribution < -0.4 is 14.4 Å². The van der Waals surface area contributed by atoms with E-state index < -0.39 is 29.5 Å². The van der Waals surface area contributed by atoms with Crippen LogP contribution in [-0.4, -0.2) is 52.1 Å². The number of nitrogens with one attached hydrogen (secondary N) is 1. The van der Waals surface area contributed by atoms with E-state index in [4.69, 9.17) is 32.7 Å². The third-order valence-electron chi connectivity index (χ3n) is 6.27. The molecule has 39 heavy (non-hydrogen) atoms. The van der Waals surface area contributed by atoms with Gasteiger partial charge < -0.3 is 24.7 Å². The molecule has 1 unspecified atom stereocenters. The van der Waals surface area contributed by atoms with E-state index >= 15 is 0 Å². The maximum Gasteiger partial charge on any atom is 0.335 e. The molecule has 3 aromatic carbocycles. The van der Waals surface area contributed by atoms with Crippen LogP contribution in [0.25, 0.3) is 16.8 Å². The summed E-state index contributed by atoms with van der Waals surface area (Å²) in [6.45, 7) is 0. The van der Waals surface area contributed by atoms with Gasteiger partial charge in [-0.05, 0) is 48.0 Å². The summed E-state index contributed by atoms with van der Waals surface area (Å²) in [6, 6.07) is 12.5. The predicted molar refractivity (Wildman–Crippen MR) is 144 cm³/mol. The van der Waals surface area contributed by atoms with E-state index in [1.54, 1.807) is 24.3 Å². The summed E-state index contributed by atoms with van der Waals surface area (Å²) in [4.78, 5) is 46.9. The number of benzene rings is 3. The summed E-state index contributed by atoms with van der Waals surface area (Å²) in [5, 5.41) is 21.1. The van der Waals surface area contributed by atoms with Gasteiger partial charge >= 0.3 is 11.9 Å². The van der Waals surface area contributed by atoms with Crippen molar-refractivity contribution in [3.05, 3.63) is 86.9 Å². The van der Waals surface area contributed by atoms with Crippen molar-refractivity contribution < 1.29 is 34.1 Å². The van der Waals surface area contributed by atoms with Gasteiger partial charge in [-0.1, -0.05) is 35.3 Å². The molecule has 0 spiro atoms. The normalized spacial score (nSPS) is 16.6. The number of methoxy groups -OCH3 is 2. The average molecular weight is 568 g/mol. The number of ketones is 1. The minimum Gasteiger partial charge on any atom is -0.507 e. The predicted octanol–water partition coefficient (Wildman–Crippen LogP) is 5.21. The van der Waals surface area contributed by atoms with Crippen LogP contribution in [0, 0.1) is 0 Å². The van der Waals surface area contributed by atoms with Gasteiger partial charge in [0, 0.05) is 5.02 Å². The Morgan fingerprint density at radius 1 is 1.03 bits per heavy atom. The van der Waals surface area contributed by atoms with Crippen LogP contribution >= 0.6 is 23.2 Å². The maximum absolute atomic E-state index is 13.5. The van der Waals surface area contributed by atoms with Gasteiger partial charge in [0.05, 0.1) is 53.0 Å². The van der Waals surface area contributed by atoms with Crippen LogP contribution in [0.2, 0.25) is 10.0 Å². The molecule has 1 fully saturated rings. The van der Waals surface area contributed by atoms with Crippen LogP contribution in [-0.2, 0) is 9.59 Å². The number of imidazole rings is 1. The summed E-state index contributed by atoms with van der Waals surface area (Å²) < 4.78 is 10.7. The number of halogens is 2. The van der Waals surface area contributed by atoms with Gasteiger partial charge in [0.1, 0.15) is 17.3 Å². The molecule has 0 bridgehead atoms. The fraction of sp³-hybridized carbons (Fsp3) is 0.111. The first-order valence-electron chi connectivity index (χ1n) is 11.4. The molecular formula is C27H19Cl2N3O7. The quantitative estimate of drug-likeness (QED) is 0.164. The highest BCUT2D eigenvalue weighted by Crippen LogP contribution is 2.45. The highest BCUT2D eigenvalue weighted by Gasteiger charge is 2.48. The smallest absolute Gasteiger partial charge is 0.335 e. The van der Waals surface area contributed by atoms with E-state index in [0.717, 1.165) is 4.90 Å². The number of aliphatic hydroxyl groups is 1. The highest BCUT2D eigenvalue weighted by molar-refractivity contribution is 6.51. The zero-order chi connectivity index (χ0) is 28.0. The standard InChI is InChI=1S/C27H19Cl2N3O7/c1-38-15-5-3-4-12(8-15)21-20(22(33)16-10-14(28)11-17(29)24(16)39-2)23(34)25(35)32(21)27-30-18-7-6-13(26(36)37)9-19(18)31-27/h3-11,21,33H,1-2H3,(H,30,31)(H,36,37)/b22-20+. The number of ether oxygens (including phenoxy) is 2. The van der Waals surface area contributed by atoms with Crippen molar-refractivity contribution in [1.82, 2.24) is 9.97 Å². The van der Waals surface area contributed by atoms with Crippen molar-refractivity contribution in [3.63, 3.8) is 0 Å². The van der Waals surface area contributed by atoms with Crippen LogP contribution in [0.4, 0.5) is 5.95 Å². The second-order valence-electron chi connectivity index (χ2n) is 8.51.